The van der Waals surface area contributed by atoms with Gasteiger partial charge < -0.3 is 14.8 Å². The number of nitrogens with zero attached hydrogens (tertiary/aromatic N) is 5. The predicted octanol–water partition coefficient (Wildman–Crippen LogP) is 2.58. The zero-order chi connectivity index (χ0) is 19.4. The summed E-state index contributed by atoms with van der Waals surface area (Å²) in [5.74, 6) is 0.833. The molecule has 138 valence electrons. The Balaban J connectivity index is 1.85. The molecular weight excluding hydrogens is 342 g/mol. The van der Waals surface area contributed by atoms with Crippen LogP contribution in [-0.2, 0) is 20.0 Å². The van der Waals surface area contributed by atoms with Crippen molar-refractivity contribution in [3.8, 4) is 6.19 Å². The van der Waals surface area contributed by atoms with Crippen LogP contribution in [0.1, 0.15) is 18.1 Å². The molecule has 2 heterocycles. The maximum atomic E-state index is 11.4. The lowest BCUT2D eigenvalue weighted by atomic mass is 10.1. The molecule has 2 N–H and O–H groups in total. The van der Waals surface area contributed by atoms with Crippen molar-refractivity contribution in [3.63, 3.8) is 0 Å². The van der Waals surface area contributed by atoms with Crippen LogP contribution in [0.4, 0.5) is 16.3 Å². The minimum Gasteiger partial charge on any atom is -0.334 e. The number of carbonyl (C=O) groups is 1. The highest BCUT2D eigenvalue weighted by atomic mass is 16.2. The molecule has 8 nitrogen and oxygen atoms in total. The number of carbonyl (C=O) groups excluding carboxylic acids is 1. The van der Waals surface area contributed by atoms with E-state index < -0.39 is 6.03 Å². The summed E-state index contributed by atoms with van der Waals surface area (Å²) < 4.78 is 1.97. The molecule has 0 bridgehead atoms. The van der Waals surface area contributed by atoms with Crippen molar-refractivity contribution in [1.29, 1.82) is 5.26 Å². The highest BCUT2D eigenvalue weighted by Crippen LogP contribution is 2.28. The van der Waals surface area contributed by atoms with Crippen LogP contribution in [0, 0.1) is 11.5 Å². The van der Waals surface area contributed by atoms with Crippen LogP contribution < -0.4 is 15.5 Å². The molecule has 0 spiro atoms. The van der Waals surface area contributed by atoms with Gasteiger partial charge in [-0.05, 0) is 23.6 Å². The number of rotatable bonds is 5. The second kappa shape index (κ2) is 7.74. The van der Waals surface area contributed by atoms with E-state index in [1.54, 1.807) is 18.7 Å². The second-order valence-corrected chi connectivity index (χ2v) is 6.18. The number of aromatic nitrogens is 3. The van der Waals surface area contributed by atoms with Crippen LogP contribution in [0.5, 0.6) is 0 Å². The van der Waals surface area contributed by atoms with Crippen molar-refractivity contribution in [1.82, 2.24) is 25.2 Å². The average Bonchev–Trinajstić information content (AvgIpc) is 3.06. The van der Waals surface area contributed by atoms with E-state index in [4.69, 9.17) is 5.26 Å². The Bertz CT molecular complexity index is 1020. The van der Waals surface area contributed by atoms with Crippen LogP contribution in [0.3, 0.4) is 0 Å². The summed E-state index contributed by atoms with van der Waals surface area (Å²) >= 11 is 0. The molecule has 2 amide bonds. The van der Waals surface area contributed by atoms with Crippen LogP contribution in [-0.4, -0.2) is 27.6 Å². The molecule has 0 aliphatic carbocycles. The number of anilines is 2. The molecule has 0 fully saturated rings. The molecule has 0 saturated heterocycles. The van der Waals surface area contributed by atoms with Crippen LogP contribution in [0.15, 0.2) is 36.8 Å². The monoisotopic (exact) mass is 363 g/mol. The lowest BCUT2D eigenvalue weighted by molar-refractivity contribution is 0.244. The molecule has 0 aliphatic rings. The number of imidazole rings is 1. The van der Waals surface area contributed by atoms with Crippen LogP contribution in [0.25, 0.3) is 11.0 Å². The largest absolute Gasteiger partial charge is 0.334 e. The Morgan fingerprint density at radius 1 is 1.33 bits per heavy atom. The van der Waals surface area contributed by atoms with E-state index in [1.165, 1.54) is 0 Å². The first-order chi connectivity index (χ1) is 13.0. The summed E-state index contributed by atoms with van der Waals surface area (Å²) in [6, 6.07) is 7.54. The van der Waals surface area contributed by atoms with Gasteiger partial charge in [-0.2, -0.15) is 5.26 Å². The van der Waals surface area contributed by atoms with Gasteiger partial charge >= 0.3 is 6.03 Å². The lowest BCUT2D eigenvalue weighted by Crippen LogP contribution is -2.31. The molecule has 0 saturated carbocycles. The van der Waals surface area contributed by atoms with Crippen molar-refractivity contribution in [2.45, 2.75) is 19.9 Å². The molecule has 0 radical (unpaired) electrons. The third-order valence-electron chi connectivity index (χ3n) is 4.45. The molecule has 1 aromatic carbocycles. The van der Waals surface area contributed by atoms with Crippen molar-refractivity contribution >= 4 is 28.6 Å². The number of hydrogen-bond donors (Lipinski definition) is 2. The Hall–Kier alpha value is -3.60. The fraction of sp³-hybridized carbons (Fsp3) is 0.263. The van der Waals surface area contributed by atoms with Gasteiger partial charge in [0, 0.05) is 32.4 Å². The van der Waals surface area contributed by atoms with Gasteiger partial charge in [0.1, 0.15) is 11.3 Å². The fourth-order valence-electron chi connectivity index (χ4n) is 2.96. The zero-order valence-electron chi connectivity index (χ0n) is 15.5. The molecule has 3 rings (SSSR count). The normalized spacial score (nSPS) is 10.4. The van der Waals surface area contributed by atoms with Gasteiger partial charge in [-0.1, -0.05) is 19.1 Å². The van der Waals surface area contributed by atoms with Crippen molar-refractivity contribution in [2.24, 2.45) is 7.05 Å². The third-order valence-corrected chi connectivity index (χ3v) is 4.45. The molecule has 2 aromatic heterocycles. The predicted molar refractivity (Wildman–Crippen MR) is 103 cm³/mol. The van der Waals surface area contributed by atoms with Gasteiger partial charge in [-0.3, -0.25) is 0 Å². The number of nitriles is 1. The summed E-state index contributed by atoms with van der Waals surface area (Å²) in [6.07, 6.45) is 5.99. The molecule has 27 heavy (non-hydrogen) atoms. The average molecular weight is 363 g/mol. The molecule has 3 aromatic rings. The van der Waals surface area contributed by atoms with E-state index in [0.717, 1.165) is 40.1 Å². The minimum atomic E-state index is -0.509. The maximum absolute atomic E-state index is 11.4. The summed E-state index contributed by atoms with van der Waals surface area (Å²) in [5, 5.41) is 13.1. The fourth-order valence-corrected chi connectivity index (χ4v) is 2.96. The van der Waals surface area contributed by atoms with E-state index in [2.05, 4.69) is 28.3 Å². The second-order valence-electron chi connectivity index (χ2n) is 6.18. The standard InChI is InChI=1S/C19H21N7O/c1-4-14-7-13(9-22-19(27)23-11-20)5-6-16(14)26(3)18-8-17-15(10-21-18)24-12-25(17)2/h5-8,10,12H,4,9H2,1-3H3,(H2,22,23,27). The minimum absolute atomic E-state index is 0.351. The first kappa shape index (κ1) is 18.2. The molecule has 0 unspecified atom stereocenters. The quantitative estimate of drug-likeness (QED) is 0.536. The van der Waals surface area contributed by atoms with Crippen molar-refractivity contribution < 1.29 is 4.79 Å². The lowest BCUT2D eigenvalue weighted by Gasteiger charge is -2.22. The highest BCUT2D eigenvalue weighted by Gasteiger charge is 2.12. The van der Waals surface area contributed by atoms with E-state index in [1.807, 2.05) is 47.1 Å². The number of nitrogens with one attached hydrogen (secondary N) is 2. The SMILES string of the molecule is CCc1cc(CNC(=O)NC#N)ccc1N(C)c1cc2c(cn1)ncn2C. The Morgan fingerprint density at radius 2 is 2.15 bits per heavy atom. The van der Waals surface area contributed by atoms with Crippen molar-refractivity contribution in [2.75, 3.05) is 11.9 Å². The number of pyridine rings is 1. The molecule has 0 aliphatic heterocycles. The number of aryl methyl sites for hydroxylation is 2. The van der Waals surface area contributed by atoms with Gasteiger partial charge in [0.2, 0.25) is 0 Å². The Morgan fingerprint density at radius 3 is 2.89 bits per heavy atom. The smallest absolute Gasteiger partial charge is 0.328 e. The van der Waals surface area contributed by atoms with E-state index >= 15 is 0 Å². The van der Waals surface area contributed by atoms with E-state index in [9.17, 15) is 4.79 Å². The van der Waals surface area contributed by atoms with Gasteiger partial charge in [0.05, 0.1) is 18.0 Å². The van der Waals surface area contributed by atoms with E-state index in [0.29, 0.717) is 6.54 Å². The van der Waals surface area contributed by atoms with E-state index in [-0.39, 0.29) is 0 Å². The summed E-state index contributed by atoms with van der Waals surface area (Å²) in [7, 11) is 3.94. The molecular formula is C19H21N7O. The molecule has 8 heteroatoms. The van der Waals surface area contributed by atoms with Gasteiger partial charge in [0.15, 0.2) is 6.19 Å². The summed E-state index contributed by atoms with van der Waals surface area (Å²) in [4.78, 5) is 22.3. The summed E-state index contributed by atoms with van der Waals surface area (Å²) in [5.41, 5.74) is 5.05. The highest BCUT2D eigenvalue weighted by molar-refractivity contribution is 5.79. The topological polar surface area (TPSA) is 98.9 Å². The van der Waals surface area contributed by atoms with Gasteiger partial charge in [-0.15, -0.1) is 0 Å². The third kappa shape index (κ3) is 3.82. The number of fused-ring (bicyclic) bond motifs is 1. The summed E-state index contributed by atoms with van der Waals surface area (Å²) in [6.45, 7) is 2.44. The number of amides is 2. The first-order valence-electron chi connectivity index (χ1n) is 8.59. The zero-order valence-corrected chi connectivity index (χ0v) is 15.5. The first-order valence-corrected chi connectivity index (χ1v) is 8.59. The van der Waals surface area contributed by atoms with Crippen molar-refractivity contribution in [3.05, 3.63) is 47.9 Å². The van der Waals surface area contributed by atoms with Gasteiger partial charge in [-0.25, -0.2) is 20.1 Å². The number of hydrogen-bond acceptors (Lipinski definition) is 5. The Kier molecular flexibility index (Phi) is 5.22. The van der Waals surface area contributed by atoms with Crippen LogP contribution in [0.2, 0.25) is 0 Å². The Labute approximate surface area is 157 Å². The molecule has 0 atom stereocenters. The number of benzene rings is 1. The number of urea groups is 1. The van der Waals surface area contributed by atoms with Crippen LogP contribution >= 0.6 is 0 Å². The van der Waals surface area contributed by atoms with Gasteiger partial charge in [0.25, 0.3) is 0 Å². The maximum Gasteiger partial charge on any atom is 0.328 e.